The normalized spacial score (nSPS) is 11.0. The Morgan fingerprint density at radius 1 is 0.974 bits per heavy atom. The van der Waals surface area contributed by atoms with Crippen molar-refractivity contribution in [1.82, 2.24) is 14.5 Å². The fraction of sp³-hybridized carbons (Fsp3) is 0.194. The Balaban J connectivity index is 1.31. The van der Waals surface area contributed by atoms with E-state index < -0.39 is 5.82 Å². The zero-order chi connectivity index (χ0) is 26.5. The highest BCUT2D eigenvalue weighted by Gasteiger charge is 2.12. The summed E-state index contributed by atoms with van der Waals surface area (Å²) in [6.45, 7) is 10.5. The van der Waals surface area contributed by atoms with E-state index in [1.165, 1.54) is 11.6 Å². The second kappa shape index (κ2) is 11.2. The maximum absolute atomic E-state index is 14.2. The first kappa shape index (κ1) is 25.1. The van der Waals surface area contributed by atoms with Crippen LogP contribution in [0.25, 0.3) is 27.1 Å². The quantitative estimate of drug-likeness (QED) is 0.204. The van der Waals surface area contributed by atoms with Crippen LogP contribution in [-0.2, 0) is 24.3 Å². The molecule has 0 aliphatic heterocycles. The summed E-state index contributed by atoms with van der Waals surface area (Å²) >= 11 is 0. The molecular formula is C31H27FN4O2. The molecule has 0 unspecified atom stereocenters. The average molecular weight is 507 g/mol. The van der Waals surface area contributed by atoms with Gasteiger partial charge in [0.05, 0.1) is 29.9 Å². The lowest BCUT2D eigenvalue weighted by molar-refractivity contribution is 0.187. The average Bonchev–Trinajstić information content (AvgIpc) is 3.27. The third-order valence-electron chi connectivity index (χ3n) is 6.38. The van der Waals surface area contributed by atoms with E-state index in [0.29, 0.717) is 24.5 Å². The number of nitrogens with zero attached hydrogens (tertiary/aromatic N) is 4. The number of benzene rings is 3. The van der Waals surface area contributed by atoms with Gasteiger partial charge in [0.25, 0.3) is 0 Å². The molecule has 0 aliphatic carbocycles. The largest absolute Gasteiger partial charge is 0.473 e. The lowest BCUT2D eigenvalue weighted by atomic mass is 10.1. The summed E-state index contributed by atoms with van der Waals surface area (Å²) in [6.07, 6.45) is 0.701. The third kappa shape index (κ3) is 5.56. The summed E-state index contributed by atoms with van der Waals surface area (Å²) in [6, 6.07) is 24.5. The number of pyridine rings is 1. The number of imidazole rings is 1. The number of aryl methyl sites for hydroxylation is 1. The summed E-state index contributed by atoms with van der Waals surface area (Å²) in [7, 11) is 1.71. The van der Waals surface area contributed by atoms with Crippen LogP contribution in [0.3, 0.4) is 0 Å². The zero-order valence-corrected chi connectivity index (χ0v) is 21.3. The van der Waals surface area contributed by atoms with Crippen molar-refractivity contribution in [1.29, 1.82) is 0 Å². The van der Waals surface area contributed by atoms with E-state index in [4.69, 9.17) is 21.0 Å². The molecule has 2 heterocycles. The minimum atomic E-state index is -0.462. The van der Waals surface area contributed by atoms with Crippen LogP contribution in [0.2, 0.25) is 0 Å². The molecule has 0 atom stereocenters. The predicted octanol–water partition coefficient (Wildman–Crippen LogP) is 6.91. The highest BCUT2D eigenvalue weighted by Crippen LogP contribution is 2.24. The van der Waals surface area contributed by atoms with Crippen molar-refractivity contribution in [2.75, 3.05) is 13.7 Å². The second-order valence-corrected chi connectivity index (χ2v) is 9.08. The molecule has 6 nitrogen and oxygen atoms in total. The lowest BCUT2D eigenvalue weighted by Gasteiger charge is -2.10. The van der Waals surface area contributed by atoms with Gasteiger partial charge < -0.3 is 14.0 Å². The van der Waals surface area contributed by atoms with Crippen LogP contribution in [0.4, 0.5) is 10.1 Å². The fourth-order valence-corrected chi connectivity index (χ4v) is 4.36. The number of aromatic nitrogens is 3. The highest BCUT2D eigenvalue weighted by molar-refractivity contribution is 5.77. The molecule has 5 rings (SSSR count). The highest BCUT2D eigenvalue weighted by atomic mass is 19.1. The Labute approximate surface area is 221 Å². The lowest BCUT2D eigenvalue weighted by Crippen LogP contribution is -2.09. The van der Waals surface area contributed by atoms with Crippen molar-refractivity contribution in [3.63, 3.8) is 0 Å². The van der Waals surface area contributed by atoms with Gasteiger partial charge in [-0.15, -0.1) is 0 Å². The Morgan fingerprint density at radius 3 is 2.58 bits per heavy atom. The minimum Gasteiger partial charge on any atom is -0.473 e. The van der Waals surface area contributed by atoms with E-state index in [0.717, 1.165) is 40.2 Å². The molecule has 0 bridgehead atoms. The zero-order valence-electron chi connectivity index (χ0n) is 21.3. The van der Waals surface area contributed by atoms with Gasteiger partial charge in [-0.25, -0.2) is 19.2 Å². The first-order chi connectivity index (χ1) is 18.5. The molecule has 0 amide bonds. The van der Waals surface area contributed by atoms with Gasteiger partial charge in [0.1, 0.15) is 18.2 Å². The third-order valence-corrected chi connectivity index (χ3v) is 6.38. The second-order valence-electron chi connectivity index (χ2n) is 9.08. The van der Waals surface area contributed by atoms with Crippen LogP contribution in [-0.4, -0.2) is 28.3 Å². The molecule has 0 N–H and O–H groups in total. The maximum atomic E-state index is 14.2. The maximum Gasteiger partial charge on any atom is 0.214 e. The summed E-state index contributed by atoms with van der Waals surface area (Å²) < 4.78 is 27.5. The molecule has 190 valence electrons. The molecular weight excluding hydrogens is 479 g/mol. The van der Waals surface area contributed by atoms with Gasteiger partial charge in [0.2, 0.25) is 5.88 Å². The molecule has 0 spiro atoms. The minimum absolute atomic E-state index is 0.0309. The van der Waals surface area contributed by atoms with E-state index in [9.17, 15) is 4.39 Å². The van der Waals surface area contributed by atoms with Crippen molar-refractivity contribution < 1.29 is 13.9 Å². The van der Waals surface area contributed by atoms with Gasteiger partial charge in [-0.1, -0.05) is 48.5 Å². The number of halogens is 1. The van der Waals surface area contributed by atoms with Crippen LogP contribution in [0.15, 0.2) is 78.9 Å². The molecule has 0 saturated heterocycles. The van der Waals surface area contributed by atoms with Crippen LogP contribution < -0.4 is 4.74 Å². The monoisotopic (exact) mass is 506 g/mol. The van der Waals surface area contributed by atoms with Crippen LogP contribution >= 0.6 is 0 Å². The summed E-state index contributed by atoms with van der Waals surface area (Å²) in [5.74, 6) is 0.944. The van der Waals surface area contributed by atoms with Crippen LogP contribution in [0.1, 0.15) is 22.5 Å². The summed E-state index contributed by atoms with van der Waals surface area (Å²) in [5, 5.41) is 0. The Hall–Kier alpha value is -4.54. The van der Waals surface area contributed by atoms with Crippen molar-refractivity contribution in [2.24, 2.45) is 0 Å². The number of hydrogen-bond acceptors (Lipinski definition) is 4. The smallest absolute Gasteiger partial charge is 0.214 e. The molecule has 0 radical (unpaired) electrons. The van der Waals surface area contributed by atoms with E-state index in [2.05, 4.69) is 51.7 Å². The van der Waals surface area contributed by atoms with Crippen LogP contribution in [0, 0.1) is 19.3 Å². The number of rotatable bonds is 9. The van der Waals surface area contributed by atoms with Gasteiger partial charge in [0.15, 0.2) is 5.69 Å². The van der Waals surface area contributed by atoms with E-state index in [-0.39, 0.29) is 12.3 Å². The SMILES string of the molecule is [C-]#[N+]c1ccc(COc2cccc(-c3ccc(Cc4nc5ccc(C)cc5n4CCOC)cc3)n2)c(F)c1. The van der Waals surface area contributed by atoms with E-state index >= 15 is 0 Å². The molecule has 0 fully saturated rings. The van der Waals surface area contributed by atoms with Crippen molar-refractivity contribution >= 4 is 16.7 Å². The van der Waals surface area contributed by atoms with Crippen molar-refractivity contribution in [3.8, 4) is 17.1 Å². The molecule has 7 heteroatoms. The van der Waals surface area contributed by atoms with Crippen molar-refractivity contribution in [3.05, 3.63) is 119 Å². The number of fused-ring (bicyclic) bond motifs is 1. The topological polar surface area (TPSA) is 53.5 Å². The molecule has 0 saturated carbocycles. The van der Waals surface area contributed by atoms with Gasteiger partial charge in [-0.05, 0) is 42.3 Å². The molecule has 0 aliphatic rings. The summed E-state index contributed by atoms with van der Waals surface area (Å²) in [4.78, 5) is 12.7. The molecule has 3 aromatic carbocycles. The number of ether oxygens (including phenoxy) is 2. The van der Waals surface area contributed by atoms with Crippen LogP contribution in [0.5, 0.6) is 5.88 Å². The first-order valence-corrected chi connectivity index (χ1v) is 12.3. The Kier molecular flexibility index (Phi) is 7.43. The Morgan fingerprint density at radius 2 is 1.82 bits per heavy atom. The van der Waals surface area contributed by atoms with Gasteiger partial charge >= 0.3 is 0 Å². The molecule has 5 aromatic rings. The van der Waals surface area contributed by atoms with Gasteiger partial charge in [-0.2, -0.15) is 0 Å². The summed E-state index contributed by atoms with van der Waals surface area (Å²) in [5.41, 5.74) is 6.81. The molecule has 38 heavy (non-hydrogen) atoms. The number of hydrogen-bond donors (Lipinski definition) is 0. The first-order valence-electron chi connectivity index (χ1n) is 12.3. The molecule has 2 aromatic heterocycles. The van der Waals surface area contributed by atoms with Gasteiger partial charge in [0, 0.05) is 37.3 Å². The van der Waals surface area contributed by atoms with Crippen molar-refractivity contribution in [2.45, 2.75) is 26.5 Å². The fourth-order valence-electron chi connectivity index (χ4n) is 4.36. The number of methoxy groups -OCH3 is 1. The standard InChI is InChI=1S/C31H27FN4O2/c1-21-7-14-28-29(17-21)36(15-16-37-3)30(34-28)18-22-8-10-23(11-9-22)27-5-4-6-31(35-27)38-20-24-12-13-25(33-2)19-26(24)32/h4-14,17,19H,15-16,18,20H2,1,3H3. The van der Waals surface area contributed by atoms with E-state index in [1.807, 2.05) is 24.3 Å². The predicted molar refractivity (Wildman–Crippen MR) is 146 cm³/mol. The van der Waals surface area contributed by atoms with Gasteiger partial charge in [-0.3, -0.25) is 0 Å². The Bertz CT molecular complexity index is 1620. The van der Waals surface area contributed by atoms with E-state index in [1.54, 1.807) is 25.3 Å².